The van der Waals surface area contributed by atoms with Gasteiger partial charge in [0.25, 0.3) is 0 Å². The van der Waals surface area contributed by atoms with Crippen LogP contribution in [0.1, 0.15) is 27.2 Å². The largest absolute Gasteiger partial charge is 0.333 e. The van der Waals surface area contributed by atoms with Gasteiger partial charge in [0.1, 0.15) is 0 Å². The van der Waals surface area contributed by atoms with Crippen LogP contribution in [0.25, 0.3) is 0 Å². The molecular formula is C11H21N. The van der Waals surface area contributed by atoms with E-state index in [0.29, 0.717) is 0 Å². The van der Waals surface area contributed by atoms with E-state index in [2.05, 4.69) is 39.2 Å². The minimum atomic E-state index is 1.10. The smallest absolute Gasteiger partial charge is 0.0195 e. The SMILES string of the molecule is C=C/C=C(C)\C(=C/C)CC.CN. The minimum absolute atomic E-state index is 1.10. The number of nitrogens with two attached hydrogens (primary N) is 1. The fourth-order valence-electron chi connectivity index (χ4n) is 0.994. The Labute approximate surface area is 76.7 Å². The van der Waals surface area contributed by atoms with Gasteiger partial charge in [-0.05, 0) is 38.5 Å². The van der Waals surface area contributed by atoms with Gasteiger partial charge in [0.05, 0.1) is 0 Å². The quantitative estimate of drug-likeness (QED) is 0.642. The Morgan fingerprint density at radius 2 is 1.92 bits per heavy atom. The molecule has 70 valence electrons. The van der Waals surface area contributed by atoms with E-state index in [1.165, 1.54) is 18.2 Å². The lowest BCUT2D eigenvalue weighted by atomic mass is 10.1. The van der Waals surface area contributed by atoms with E-state index in [4.69, 9.17) is 0 Å². The summed E-state index contributed by atoms with van der Waals surface area (Å²) in [7, 11) is 1.50. The van der Waals surface area contributed by atoms with Gasteiger partial charge in [-0.3, -0.25) is 0 Å². The zero-order valence-electron chi connectivity index (χ0n) is 8.72. The lowest BCUT2D eigenvalue weighted by Crippen LogP contribution is -1.81. The van der Waals surface area contributed by atoms with Crippen LogP contribution in [0.2, 0.25) is 0 Å². The molecule has 0 spiro atoms. The topological polar surface area (TPSA) is 26.0 Å². The Kier molecular flexibility index (Phi) is 11.7. The van der Waals surface area contributed by atoms with Crippen molar-refractivity contribution in [2.75, 3.05) is 7.05 Å². The first-order chi connectivity index (χ1) is 5.76. The van der Waals surface area contributed by atoms with Gasteiger partial charge < -0.3 is 5.73 Å². The standard InChI is InChI=1S/C10H16.CH5N/c1-5-8-9(4)10(6-2)7-3;1-2/h5-6,8H,1,7H2,2-4H3;2H2,1H3/b9-8-,10-6-;. The molecule has 0 rings (SSSR count). The van der Waals surface area contributed by atoms with Gasteiger partial charge >= 0.3 is 0 Å². The maximum absolute atomic E-state index is 4.50. The lowest BCUT2D eigenvalue weighted by Gasteiger charge is -2.01. The summed E-state index contributed by atoms with van der Waals surface area (Å²) in [6.45, 7) is 9.99. The molecule has 0 aliphatic heterocycles. The van der Waals surface area contributed by atoms with E-state index in [1.54, 1.807) is 0 Å². The minimum Gasteiger partial charge on any atom is -0.333 e. The monoisotopic (exact) mass is 167 g/mol. The van der Waals surface area contributed by atoms with E-state index >= 15 is 0 Å². The van der Waals surface area contributed by atoms with Crippen molar-refractivity contribution in [3.8, 4) is 0 Å². The molecule has 0 fully saturated rings. The number of hydrogen-bond acceptors (Lipinski definition) is 1. The molecule has 12 heavy (non-hydrogen) atoms. The van der Waals surface area contributed by atoms with Gasteiger partial charge in [0.15, 0.2) is 0 Å². The molecule has 0 saturated heterocycles. The number of hydrogen-bond donors (Lipinski definition) is 1. The second-order valence-electron chi connectivity index (χ2n) is 2.25. The predicted octanol–water partition coefficient (Wildman–Crippen LogP) is 3.05. The average molecular weight is 167 g/mol. The molecule has 0 unspecified atom stereocenters. The van der Waals surface area contributed by atoms with Crippen LogP contribution in [0.5, 0.6) is 0 Å². The molecule has 0 aliphatic rings. The van der Waals surface area contributed by atoms with Crippen LogP contribution < -0.4 is 5.73 Å². The van der Waals surface area contributed by atoms with Gasteiger partial charge in [-0.15, -0.1) is 0 Å². The summed E-state index contributed by atoms with van der Waals surface area (Å²) < 4.78 is 0. The van der Waals surface area contributed by atoms with Crippen molar-refractivity contribution in [1.82, 2.24) is 0 Å². The summed E-state index contributed by atoms with van der Waals surface area (Å²) in [5, 5.41) is 0. The summed E-state index contributed by atoms with van der Waals surface area (Å²) in [6, 6.07) is 0. The first-order valence-corrected chi connectivity index (χ1v) is 4.28. The fourth-order valence-corrected chi connectivity index (χ4v) is 0.994. The highest BCUT2D eigenvalue weighted by atomic mass is 14.4. The molecule has 0 atom stereocenters. The van der Waals surface area contributed by atoms with Gasteiger partial charge in [0.2, 0.25) is 0 Å². The van der Waals surface area contributed by atoms with E-state index in [0.717, 1.165) is 6.42 Å². The molecule has 0 aliphatic carbocycles. The van der Waals surface area contributed by atoms with Crippen molar-refractivity contribution in [2.45, 2.75) is 27.2 Å². The van der Waals surface area contributed by atoms with Gasteiger partial charge in [-0.1, -0.05) is 31.7 Å². The normalized spacial score (nSPS) is 11.8. The highest BCUT2D eigenvalue weighted by Gasteiger charge is 1.91. The summed E-state index contributed by atoms with van der Waals surface area (Å²) >= 11 is 0. The Balaban J connectivity index is 0. The second-order valence-corrected chi connectivity index (χ2v) is 2.25. The number of rotatable bonds is 3. The molecule has 1 nitrogen and oxygen atoms in total. The number of allylic oxidation sites excluding steroid dienone is 5. The molecule has 0 aromatic carbocycles. The van der Waals surface area contributed by atoms with Crippen molar-refractivity contribution < 1.29 is 0 Å². The van der Waals surface area contributed by atoms with E-state index in [1.807, 2.05) is 12.2 Å². The molecule has 0 amide bonds. The molecule has 0 radical (unpaired) electrons. The Bertz CT molecular complexity index is 164. The van der Waals surface area contributed by atoms with Gasteiger partial charge in [-0.25, -0.2) is 0 Å². The van der Waals surface area contributed by atoms with Crippen molar-refractivity contribution >= 4 is 0 Å². The van der Waals surface area contributed by atoms with Gasteiger partial charge in [-0.2, -0.15) is 0 Å². The Morgan fingerprint density at radius 1 is 1.42 bits per heavy atom. The lowest BCUT2D eigenvalue weighted by molar-refractivity contribution is 1.10. The second kappa shape index (κ2) is 10.2. The van der Waals surface area contributed by atoms with Crippen LogP contribution in [0, 0.1) is 0 Å². The van der Waals surface area contributed by atoms with Crippen LogP contribution in [0.4, 0.5) is 0 Å². The van der Waals surface area contributed by atoms with Crippen LogP contribution in [-0.2, 0) is 0 Å². The van der Waals surface area contributed by atoms with Crippen molar-refractivity contribution in [3.63, 3.8) is 0 Å². The highest BCUT2D eigenvalue weighted by molar-refractivity contribution is 5.30. The van der Waals surface area contributed by atoms with E-state index in [9.17, 15) is 0 Å². The summed E-state index contributed by atoms with van der Waals surface area (Å²) in [5.41, 5.74) is 7.22. The fraction of sp³-hybridized carbons (Fsp3) is 0.455. The molecule has 1 heteroatoms. The third kappa shape index (κ3) is 5.93. The Morgan fingerprint density at radius 3 is 2.17 bits per heavy atom. The molecule has 0 heterocycles. The molecular weight excluding hydrogens is 146 g/mol. The average Bonchev–Trinajstić information content (AvgIpc) is 2.11. The van der Waals surface area contributed by atoms with Crippen LogP contribution in [-0.4, -0.2) is 7.05 Å². The molecule has 0 aromatic heterocycles. The highest BCUT2D eigenvalue weighted by Crippen LogP contribution is 2.12. The predicted molar refractivity (Wildman–Crippen MR) is 58.1 cm³/mol. The van der Waals surface area contributed by atoms with Crippen LogP contribution in [0.3, 0.4) is 0 Å². The molecule has 0 bridgehead atoms. The first kappa shape index (κ1) is 13.7. The third-order valence-corrected chi connectivity index (χ3v) is 1.60. The van der Waals surface area contributed by atoms with Gasteiger partial charge in [0, 0.05) is 0 Å². The Hall–Kier alpha value is -0.820. The summed E-state index contributed by atoms with van der Waals surface area (Å²) in [6.07, 6.45) is 7.12. The summed E-state index contributed by atoms with van der Waals surface area (Å²) in [4.78, 5) is 0. The van der Waals surface area contributed by atoms with E-state index < -0.39 is 0 Å². The molecule has 0 saturated carbocycles. The maximum atomic E-state index is 4.50. The summed E-state index contributed by atoms with van der Waals surface area (Å²) in [5.74, 6) is 0. The zero-order chi connectivity index (χ0) is 9.98. The van der Waals surface area contributed by atoms with Crippen molar-refractivity contribution in [2.24, 2.45) is 5.73 Å². The van der Waals surface area contributed by atoms with Crippen molar-refractivity contribution in [3.05, 3.63) is 36.0 Å². The third-order valence-electron chi connectivity index (χ3n) is 1.60. The maximum Gasteiger partial charge on any atom is -0.0195 e. The van der Waals surface area contributed by atoms with E-state index in [-0.39, 0.29) is 0 Å². The van der Waals surface area contributed by atoms with Crippen LogP contribution >= 0.6 is 0 Å². The molecule has 0 aromatic rings. The first-order valence-electron chi connectivity index (χ1n) is 4.28. The van der Waals surface area contributed by atoms with Crippen molar-refractivity contribution in [1.29, 1.82) is 0 Å². The zero-order valence-corrected chi connectivity index (χ0v) is 8.72. The van der Waals surface area contributed by atoms with Crippen LogP contribution in [0.15, 0.2) is 36.0 Å². The molecule has 2 N–H and O–H groups in total.